The van der Waals surface area contributed by atoms with Gasteiger partial charge in [-0.15, -0.1) is 0 Å². The first-order valence-electron chi connectivity index (χ1n) is 9.04. The average Bonchev–Trinajstić information content (AvgIpc) is 3.42. The zero-order chi connectivity index (χ0) is 20.8. The second kappa shape index (κ2) is 7.22. The number of hydrogen-bond acceptors (Lipinski definition) is 2. The van der Waals surface area contributed by atoms with E-state index in [4.69, 9.17) is 11.6 Å². The predicted molar refractivity (Wildman–Crippen MR) is 103 cm³/mol. The topological polar surface area (TPSA) is 51.1 Å². The van der Waals surface area contributed by atoms with Crippen LogP contribution in [0.1, 0.15) is 34.5 Å². The quantitative estimate of drug-likeness (QED) is 0.475. The highest BCUT2D eigenvalue weighted by molar-refractivity contribution is 6.45. The van der Waals surface area contributed by atoms with Crippen molar-refractivity contribution in [2.24, 2.45) is 0 Å². The Balaban J connectivity index is 1.89. The summed E-state index contributed by atoms with van der Waals surface area (Å²) in [6.45, 7) is -0.121. The van der Waals surface area contributed by atoms with E-state index in [2.05, 4.69) is 5.32 Å². The number of hydrogen-bond donors (Lipinski definition) is 1. The summed E-state index contributed by atoms with van der Waals surface area (Å²) in [6.07, 6.45) is -3.37. The van der Waals surface area contributed by atoms with Gasteiger partial charge in [0.1, 0.15) is 5.69 Å². The molecular formula is C21H16ClF3N2O2. The lowest BCUT2D eigenvalue weighted by Gasteiger charge is -2.15. The van der Waals surface area contributed by atoms with Crippen molar-refractivity contribution in [2.45, 2.75) is 31.6 Å². The van der Waals surface area contributed by atoms with Gasteiger partial charge in [0.05, 0.1) is 5.56 Å². The molecule has 0 bridgehead atoms. The van der Waals surface area contributed by atoms with Gasteiger partial charge >= 0.3 is 6.18 Å². The molecule has 0 spiro atoms. The first-order valence-corrected chi connectivity index (χ1v) is 9.41. The molecule has 1 saturated carbocycles. The highest BCUT2D eigenvalue weighted by atomic mass is 35.5. The van der Waals surface area contributed by atoms with E-state index in [9.17, 15) is 22.8 Å². The molecular weight excluding hydrogens is 405 g/mol. The minimum absolute atomic E-state index is 0.102. The molecule has 1 aliphatic carbocycles. The number of carbonyl (C=O) groups is 2. The van der Waals surface area contributed by atoms with Crippen molar-refractivity contribution >= 4 is 34.2 Å². The molecule has 4 rings (SSSR count). The van der Waals surface area contributed by atoms with E-state index in [1.165, 1.54) is 12.1 Å². The van der Waals surface area contributed by atoms with E-state index in [0.717, 1.165) is 17.4 Å². The lowest BCUT2D eigenvalue weighted by atomic mass is 10.1. The number of carbonyl (C=O) groups excluding carboxylic acids is 2. The molecule has 150 valence electrons. The molecule has 0 saturated heterocycles. The molecule has 0 atom stereocenters. The Labute approximate surface area is 169 Å². The van der Waals surface area contributed by atoms with Gasteiger partial charge in [-0.25, -0.2) is 0 Å². The third kappa shape index (κ3) is 3.87. The number of ketones is 1. The van der Waals surface area contributed by atoms with Crippen LogP contribution in [-0.4, -0.2) is 22.3 Å². The third-order valence-electron chi connectivity index (χ3n) is 4.84. The van der Waals surface area contributed by atoms with Crippen molar-refractivity contribution in [1.82, 2.24) is 9.88 Å². The molecule has 1 N–H and O–H groups in total. The fraction of sp³-hybridized carbons (Fsp3) is 0.238. The Morgan fingerprint density at radius 3 is 2.34 bits per heavy atom. The summed E-state index contributed by atoms with van der Waals surface area (Å²) in [7, 11) is 0. The van der Waals surface area contributed by atoms with E-state index in [0.29, 0.717) is 10.6 Å². The number of benzene rings is 2. The van der Waals surface area contributed by atoms with Gasteiger partial charge < -0.3 is 9.88 Å². The summed E-state index contributed by atoms with van der Waals surface area (Å²) in [5.74, 6) is -2.18. The van der Waals surface area contributed by atoms with Gasteiger partial charge in [0.2, 0.25) is 0 Å². The fourth-order valence-electron chi connectivity index (χ4n) is 3.36. The van der Waals surface area contributed by atoms with E-state index in [1.54, 1.807) is 36.4 Å². The molecule has 0 unspecified atom stereocenters. The van der Waals surface area contributed by atoms with Crippen LogP contribution in [0.4, 0.5) is 13.2 Å². The molecule has 8 heteroatoms. The van der Waals surface area contributed by atoms with Crippen LogP contribution in [0, 0.1) is 0 Å². The minimum Gasteiger partial charge on any atom is -0.346 e. The standard InChI is InChI=1S/C21H16ClF3N2O2/c22-13-7-5-12(6-8-13)11-27-16-4-2-1-3-15(16)17(19(27)21(23,24)25)18(28)20(29)26-14-9-10-14/h1-8,14H,9-11H2,(H,26,29). The number of alkyl halides is 3. The Hall–Kier alpha value is -2.80. The van der Waals surface area contributed by atoms with Crippen molar-refractivity contribution in [1.29, 1.82) is 0 Å². The highest BCUT2D eigenvalue weighted by Crippen LogP contribution is 2.39. The molecule has 4 nitrogen and oxygen atoms in total. The van der Waals surface area contributed by atoms with E-state index < -0.39 is 29.1 Å². The molecule has 0 radical (unpaired) electrons. The SMILES string of the molecule is O=C(NC1CC1)C(=O)c1c(C(F)(F)F)n(Cc2ccc(Cl)cc2)c2ccccc12. The molecule has 29 heavy (non-hydrogen) atoms. The molecule has 2 aromatic carbocycles. The lowest BCUT2D eigenvalue weighted by Crippen LogP contribution is -2.34. The number of halogens is 4. The molecule has 1 amide bonds. The molecule has 1 aromatic heterocycles. The first-order chi connectivity index (χ1) is 13.8. The number of fused-ring (bicyclic) bond motifs is 1. The average molecular weight is 421 g/mol. The normalized spacial score (nSPS) is 14.2. The van der Waals surface area contributed by atoms with E-state index in [1.807, 2.05) is 0 Å². The molecule has 1 fully saturated rings. The van der Waals surface area contributed by atoms with Crippen LogP contribution >= 0.6 is 11.6 Å². The number of rotatable bonds is 5. The van der Waals surface area contributed by atoms with Gasteiger partial charge in [-0.2, -0.15) is 13.2 Å². The Morgan fingerprint density at radius 1 is 1.07 bits per heavy atom. The van der Waals surface area contributed by atoms with Crippen LogP contribution in [0.5, 0.6) is 0 Å². The van der Waals surface area contributed by atoms with Crippen molar-refractivity contribution in [3.05, 3.63) is 70.4 Å². The zero-order valence-corrected chi connectivity index (χ0v) is 15.8. The Morgan fingerprint density at radius 2 is 1.72 bits per heavy atom. The van der Waals surface area contributed by atoms with Crippen LogP contribution < -0.4 is 5.32 Å². The van der Waals surface area contributed by atoms with Gasteiger partial charge in [-0.05, 0) is 36.6 Å². The van der Waals surface area contributed by atoms with Crippen molar-refractivity contribution in [2.75, 3.05) is 0 Å². The maximum Gasteiger partial charge on any atom is 0.432 e. The summed E-state index contributed by atoms with van der Waals surface area (Å²) in [4.78, 5) is 25.0. The summed E-state index contributed by atoms with van der Waals surface area (Å²) in [6, 6.07) is 12.4. The van der Waals surface area contributed by atoms with Crippen LogP contribution in [0.25, 0.3) is 10.9 Å². The fourth-order valence-corrected chi connectivity index (χ4v) is 3.48. The first kappa shape index (κ1) is 19.5. The van der Waals surface area contributed by atoms with Crippen LogP contribution in [-0.2, 0) is 17.5 Å². The number of para-hydroxylation sites is 1. The number of amides is 1. The number of nitrogens with one attached hydrogen (secondary N) is 1. The molecule has 1 aliphatic rings. The molecule has 0 aliphatic heterocycles. The van der Waals surface area contributed by atoms with E-state index in [-0.39, 0.29) is 23.5 Å². The van der Waals surface area contributed by atoms with Crippen LogP contribution in [0.3, 0.4) is 0 Å². The Kier molecular flexibility index (Phi) is 4.86. The van der Waals surface area contributed by atoms with Gasteiger partial charge in [-0.1, -0.05) is 41.9 Å². The second-order valence-corrected chi connectivity index (χ2v) is 7.46. The van der Waals surface area contributed by atoms with Gasteiger partial charge in [-0.3, -0.25) is 9.59 Å². The zero-order valence-electron chi connectivity index (χ0n) is 15.1. The summed E-state index contributed by atoms with van der Waals surface area (Å²) in [5, 5.41) is 3.05. The maximum atomic E-state index is 14.1. The monoisotopic (exact) mass is 420 g/mol. The van der Waals surface area contributed by atoms with Crippen LogP contribution in [0.2, 0.25) is 5.02 Å². The lowest BCUT2D eigenvalue weighted by molar-refractivity contribution is -0.143. The van der Waals surface area contributed by atoms with Crippen molar-refractivity contribution < 1.29 is 22.8 Å². The summed E-state index contributed by atoms with van der Waals surface area (Å²) in [5.41, 5.74) is -0.913. The van der Waals surface area contributed by atoms with E-state index >= 15 is 0 Å². The van der Waals surface area contributed by atoms with Gasteiger partial charge in [0, 0.05) is 28.5 Å². The summed E-state index contributed by atoms with van der Waals surface area (Å²) >= 11 is 5.86. The highest BCUT2D eigenvalue weighted by Gasteiger charge is 2.43. The number of Topliss-reactive ketones (excluding diaryl/α,β-unsaturated/α-hetero) is 1. The minimum atomic E-state index is -4.82. The van der Waals surface area contributed by atoms with Crippen LogP contribution in [0.15, 0.2) is 48.5 Å². The smallest absolute Gasteiger partial charge is 0.346 e. The van der Waals surface area contributed by atoms with Gasteiger partial charge in [0.25, 0.3) is 11.7 Å². The Bertz CT molecular complexity index is 1100. The third-order valence-corrected chi connectivity index (χ3v) is 5.09. The number of nitrogens with zero attached hydrogens (tertiary/aromatic N) is 1. The molecule has 3 aromatic rings. The summed E-state index contributed by atoms with van der Waals surface area (Å²) < 4.78 is 43.3. The number of aromatic nitrogens is 1. The predicted octanol–water partition coefficient (Wildman–Crippen LogP) is 4.82. The second-order valence-electron chi connectivity index (χ2n) is 7.03. The van der Waals surface area contributed by atoms with Gasteiger partial charge in [0.15, 0.2) is 0 Å². The maximum absolute atomic E-state index is 14.1. The largest absolute Gasteiger partial charge is 0.432 e. The van der Waals surface area contributed by atoms with Crippen molar-refractivity contribution in [3.8, 4) is 0 Å². The molecule has 1 heterocycles. The van der Waals surface area contributed by atoms with Crippen molar-refractivity contribution in [3.63, 3.8) is 0 Å².